The van der Waals surface area contributed by atoms with E-state index in [1.165, 1.54) is 23.5 Å². The molecular formula is C13H14BrF2N3S. The van der Waals surface area contributed by atoms with Crippen LogP contribution in [0.25, 0.3) is 10.6 Å². The van der Waals surface area contributed by atoms with E-state index in [0.717, 1.165) is 18.0 Å². The summed E-state index contributed by atoms with van der Waals surface area (Å²) in [6, 6.07) is 2.51. The maximum atomic E-state index is 13.9. The van der Waals surface area contributed by atoms with Gasteiger partial charge in [-0.1, -0.05) is 41.1 Å². The Morgan fingerprint density at radius 1 is 1.25 bits per heavy atom. The molecular weight excluding hydrogens is 348 g/mol. The van der Waals surface area contributed by atoms with Gasteiger partial charge in [-0.15, -0.1) is 10.2 Å². The molecule has 1 unspecified atom stereocenters. The SMILES string of the molecule is CCNC(CC)c1nnc(-c2c(F)cc(Br)cc2F)s1. The first kappa shape index (κ1) is 15.5. The Morgan fingerprint density at radius 2 is 1.90 bits per heavy atom. The minimum atomic E-state index is -0.643. The van der Waals surface area contributed by atoms with Gasteiger partial charge in [0.15, 0.2) is 5.01 Å². The van der Waals surface area contributed by atoms with Crippen molar-refractivity contribution in [2.45, 2.75) is 26.3 Å². The Balaban J connectivity index is 2.38. The summed E-state index contributed by atoms with van der Waals surface area (Å²) in [5.41, 5.74) is -0.122. The number of benzene rings is 1. The third kappa shape index (κ3) is 3.21. The number of nitrogens with one attached hydrogen (secondary N) is 1. The lowest BCUT2D eigenvalue weighted by Crippen LogP contribution is -2.19. The molecule has 0 saturated heterocycles. The summed E-state index contributed by atoms with van der Waals surface area (Å²) in [6.07, 6.45) is 0.841. The molecule has 0 fully saturated rings. The molecule has 0 saturated carbocycles. The molecule has 0 radical (unpaired) electrons. The minimum Gasteiger partial charge on any atom is -0.308 e. The second kappa shape index (κ2) is 6.69. The summed E-state index contributed by atoms with van der Waals surface area (Å²) in [5.74, 6) is -1.29. The van der Waals surface area contributed by atoms with E-state index in [1.807, 2.05) is 13.8 Å². The van der Waals surface area contributed by atoms with Gasteiger partial charge in [0.1, 0.15) is 16.6 Å². The van der Waals surface area contributed by atoms with Crippen molar-refractivity contribution in [3.05, 3.63) is 33.2 Å². The van der Waals surface area contributed by atoms with Crippen LogP contribution in [0.3, 0.4) is 0 Å². The molecule has 0 spiro atoms. The molecule has 3 nitrogen and oxygen atoms in total. The highest BCUT2D eigenvalue weighted by Crippen LogP contribution is 2.33. The molecule has 0 aliphatic carbocycles. The largest absolute Gasteiger partial charge is 0.308 e. The van der Waals surface area contributed by atoms with Gasteiger partial charge >= 0.3 is 0 Å². The summed E-state index contributed by atoms with van der Waals surface area (Å²) in [5, 5.41) is 12.2. The highest BCUT2D eigenvalue weighted by atomic mass is 79.9. The molecule has 0 bridgehead atoms. The van der Waals surface area contributed by atoms with Crippen molar-refractivity contribution in [1.82, 2.24) is 15.5 Å². The van der Waals surface area contributed by atoms with Gasteiger partial charge in [-0.05, 0) is 25.1 Å². The van der Waals surface area contributed by atoms with Crippen LogP contribution < -0.4 is 5.32 Å². The van der Waals surface area contributed by atoms with E-state index in [4.69, 9.17) is 0 Å². The molecule has 1 aromatic heterocycles. The number of halogens is 3. The Morgan fingerprint density at radius 3 is 2.45 bits per heavy atom. The summed E-state index contributed by atoms with van der Waals surface area (Å²) in [6.45, 7) is 4.82. The van der Waals surface area contributed by atoms with E-state index in [2.05, 4.69) is 31.4 Å². The zero-order valence-electron chi connectivity index (χ0n) is 11.1. The van der Waals surface area contributed by atoms with Gasteiger partial charge in [0.25, 0.3) is 0 Å². The van der Waals surface area contributed by atoms with Gasteiger partial charge in [0.2, 0.25) is 0 Å². The minimum absolute atomic E-state index is 0.0628. The number of hydrogen-bond acceptors (Lipinski definition) is 4. The quantitative estimate of drug-likeness (QED) is 0.862. The first-order valence-corrected chi connectivity index (χ1v) is 7.89. The Labute approximate surface area is 128 Å². The Hall–Kier alpha value is -0.920. The van der Waals surface area contributed by atoms with Crippen molar-refractivity contribution in [1.29, 1.82) is 0 Å². The van der Waals surface area contributed by atoms with E-state index < -0.39 is 11.6 Å². The van der Waals surface area contributed by atoms with Crippen LogP contribution in [0.2, 0.25) is 0 Å². The highest BCUT2D eigenvalue weighted by Gasteiger charge is 2.20. The van der Waals surface area contributed by atoms with Crippen LogP contribution in [0.15, 0.2) is 16.6 Å². The van der Waals surface area contributed by atoms with Crippen molar-refractivity contribution in [2.24, 2.45) is 0 Å². The number of aromatic nitrogens is 2. The molecule has 2 aromatic rings. The van der Waals surface area contributed by atoms with E-state index in [-0.39, 0.29) is 16.6 Å². The first-order valence-electron chi connectivity index (χ1n) is 6.28. The lowest BCUT2D eigenvalue weighted by atomic mass is 10.2. The van der Waals surface area contributed by atoms with E-state index in [1.54, 1.807) is 0 Å². The molecule has 1 heterocycles. The van der Waals surface area contributed by atoms with Gasteiger partial charge in [0, 0.05) is 4.47 Å². The first-order chi connectivity index (χ1) is 9.56. The molecule has 1 aromatic carbocycles. The Kier molecular flexibility index (Phi) is 5.17. The van der Waals surface area contributed by atoms with Crippen LogP contribution in [-0.2, 0) is 0 Å². The standard InChI is InChI=1S/C13H14BrF2N3S/c1-3-10(17-4-2)12-18-19-13(20-12)11-8(15)5-7(14)6-9(11)16/h5-6,10,17H,3-4H2,1-2H3. The Bertz CT molecular complexity index is 580. The molecule has 1 N–H and O–H groups in total. The second-order valence-electron chi connectivity index (χ2n) is 4.21. The van der Waals surface area contributed by atoms with Gasteiger partial charge in [-0.3, -0.25) is 0 Å². The van der Waals surface area contributed by atoms with Gasteiger partial charge in [0.05, 0.1) is 11.6 Å². The van der Waals surface area contributed by atoms with Crippen molar-refractivity contribution in [2.75, 3.05) is 6.54 Å². The maximum absolute atomic E-state index is 13.9. The van der Waals surface area contributed by atoms with Crippen molar-refractivity contribution in [3.8, 4) is 10.6 Å². The highest BCUT2D eigenvalue weighted by molar-refractivity contribution is 9.10. The van der Waals surface area contributed by atoms with E-state index in [0.29, 0.717) is 4.47 Å². The zero-order chi connectivity index (χ0) is 14.7. The zero-order valence-corrected chi connectivity index (χ0v) is 13.5. The summed E-state index contributed by atoms with van der Waals surface area (Å²) >= 11 is 4.27. The predicted molar refractivity (Wildman–Crippen MR) is 79.7 cm³/mol. The average Bonchev–Trinajstić information content (AvgIpc) is 2.84. The third-order valence-electron chi connectivity index (χ3n) is 2.82. The van der Waals surface area contributed by atoms with Crippen LogP contribution in [-0.4, -0.2) is 16.7 Å². The van der Waals surface area contributed by atoms with Crippen LogP contribution in [0.5, 0.6) is 0 Å². The number of hydrogen-bond donors (Lipinski definition) is 1. The van der Waals surface area contributed by atoms with Gasteiger partial charge in [-0.2, -0.15) is 0 Å². The molecule has 108 valence electrons. The lowest BCUT2D eigenvalue weighted by Gasteiger charge is -2.11. The molecule has 20 heavy (non-hydrogen) atoms. The van der Waals surface area contributed by atoms with Gasteiger partial charge in [-0.25, -0.2) is 8.78 Å². The number of nitrogens with zero attached hydrogens (tertiary/aromatic N) is 2. The number of rotatable bonds is 5. The van der Waals surface area contributed by atoms with Crippen molar-refractivity contribution < 1.29 is 8.78 Å². The van der Waals surface area contributed by atoms with E-state index >= 15 is 0 Å². The second-order valence-corrected chi connectivity index (χ2v) is 6.13. The van der Waals surface area contributed by atoms with Crippen LogP contribution in [0.1, 0.15) is 31.3 Å². The molecule has 2 rings (SSSR count). The molecule has 0 aliphatic rings. The normalized spacial score (nSPS) is 12.7. The van der Waals surface area contributed by atoms with Crippen LogP contribution in [0.4, 0.5) is 8.78 Å². The van der Waals surface area contributed by atoms with Crippen LogP contribution in [0, 0.1) is 11.6 Å². The molecule has 0 amide bonds. The molecule has 7 heteroatoms. The smallest absolute Gasteiger partial charge is 0.153 e. The predicted octanol–water partition coefficient (Wildman–Crippen LogP) is 4.31. The summed E-state index contributed by atoms with van der Waals surface area (Å²) in [7, 11) is 0. The lowest BCUT2D eigenvalue weighted by molar-refractivity contribution is 0.531. The molecule has 1 atom stereocenters. The summed E-state index contributed by atoms with van der Waals surface area (Å²) < 4.78 is 28.1. The molecule has 0 aliphatic heterocycles. The fourth-order valence-corrected chi connectivity index (χ4v) is 3.33. The maximum Gasteiger partial charge on any atom is 0.153 e. The van der Waals surface area contributed by atoms with Crippen LogP contribution >= 0.6 is 27.3 Å². The third-order valence-corrected chi connectivity index (χ3v) is 4.33. The fourth-order valence-electron chi connectivity index (χ4n) is 1.88. The summed E-state index contributed by atoms with van der Waals surface area (Å²) in [4.78, 5) is 0. The average molecular weight is 362 g/mol. The van der Waals surface area contributed by atoms with Gasteiger partial charge < -0.3 is 5.32 Å². The van der Waals surface area contributed by atoms with Crippen molar-refractivity contribution >= 4 is 27.3 Å². The fraction of sp³-hybridized carbons (Fsp3) is 0.385. The van der Waals surface area contributed by atoms with Crippen molar-refractivity contribution in [3.63, 3.8) is 0 Å². The topological polar surface area (TPSA) is 37.8 Å². The van der Waals surface area contributed by atoms with E-state index in [9.17, 15) is 8.78 Å². The monoisotopic (exact) mass is 361 g/mol.